The molecule has 0 unspecified atom stereocenters. The molecule has 7 heteroatoms. The van der Waals surface area contributed by atoms with Gasteiger partial charge in [0.25, 0.3) is 0 Å². The van der Waals surface area contributed by atoms with E-state index in [1.807, 2.05) is 37.3 Å². The maximum absolute atomic E-state index is 11.1. The lowest BCUT2D eigenvalue weighted by Crippen LogP contribution is -2.11. The Morgan fingerprint density at radius 1 is 1.11 bits per heavy atom. The zero-order chi connectivity index (χ0) is 26.6. The number of oxazole rings is 1. The molecule has 0 radical (unpaired) electrons. The number of hydrogen-bond acceptors (Lipinski definition) is 5. The topological polar surface area (TPSA) is 97.6 Å². The minimum Gasteiger partial charge on any atom is -0.493 e. The molecule has 0 bridgehead atoms. The Kier molecular flexibility index (Phi) is 7.91. The number of nitrogens with one attached hydrogen (secondary N) is 1. The number of aliphatic carboxylic acids is 1. The van der Waals surface area contributed by atoms with E-state index in [4.69, 9.17) is 19.0 Å². The summed E-state index contributed by atoms with van der Waals surface area (Å²) in [6.45, 7) is 11.5. The van der Waals surface area contributed by atoms with E-state index in [0.29, 0.717) is 19.1 Å². The molecule has 0 amide bonds. The van der Waals surface area contributed by atoms with Crippen molar-refractivity contribution in [2.45, 2.75) is 65.7 Å². The van der Waals surface area contributed by atoms with Crippen LogP contribution in [0.5, 0.6) is 11.5 Å². The third-order valence-corrected chi connectivity index (χ3v) is 6.38. The zero-order valence-corrected chi connectivity index (χ0v) is 22.3. The van der Waals surface area contributed by atoms with Crippen molar-refractivity contribution in [1.82, 2.24) is 9.97 Å². The minimum atomic E-state index is -0.852. The molecular weight excluding hydrogens is 468 g/mol. The van der Waals surface area contributed by atoms with Gasteiger partial charge in [-0.2, -0.15) is 0 Å². The fourth-order valence-electron chi connectivity index (χ4n) is 4.28. The molecule has 0 saturated heterocycles. The van der Waals surface area contributed by atoms with E-state index in [0.717, 1.165) is 69.7 Å². The molecular formula is C30H36N2O5. The first kappa shape index (κ1) is 26.3. The van der Waals surface area contributed by atoms with Crippen LogP contribution in [0.4, 0.5) is 0 Å². The van der Waals surface area contributed by atoms with E-state index in [1.54, 1.807) is 6.26 Å². The normalized spacial score (nSPS) is 11.7. The highest BCUT2D eigenvalue weighted by Crippen LogP contribution is 2.30. The first-order chi connectivity index (χ1) is 17.7. The van der Waals surface area contributed by atoms with Crippen molar-refractivity contribution in [2.75, 3.05) is 13.2 Å². The summed E-state index contributed by atoms with van der Waals surface area (Å²) in [7, 11) is 0. The van der Waals surface area contributed by atoms with E-state index in [9.17, 15) is 4.79 Å². The van der Waals surface area contributed by atoms with Crippen LogP contribution in [0.25, 0.3) is 22.4 Å². The van der Waals surface area contributed by atoms with Crippen LogP contribution in [-0.2, 0) is 23.1 Å². The lowest BCUT2D eigenvalue weighted by molar-refractivity contribution is -0.136. The van der Waals surface area contributed by atoms with Gasteiger partial charge in [0, 0.05) is 34.0 Å². The van der Waals surface area contributed by atoms with Crippen molar-refractivity contribution in [3.05, 3.63) is 65.2 Å². The molecule has 0 aliphatic carbocycles. The van der Waals surface area contributed by atoms with Gasteiger partial charge < -0.3 is 24.0 Å². The summed E-state index contributed by atoms with van der Waals surface area (Å²) < 4.78 is 17.8. The number of carbonyl (C=O) groups is 1. The number of carboxylic acids is 1. The number of aromatic nitrogens is 2. The van der Waals surface area contributed by atoms with Gasteiger partial charge in [-0.15, -0.1) is 0 Å². The van der Waals surface area contributed by atoms with Gasteiger partial charge in [-0.1, -0.05) is 34.1 Å². The summed E-state index contributed by atoms with van der Waals surface area (Å²) in [5.41, 5.74) is 5.55. The van der Waals surface area contributed by atoms with Crippen LogP contribution in [0.2, 0.25) is 0 Å². The monoisotopic (exact) mass is 504 g/mol. The lowest BCUT2D eigenvalue weighted by atomic mass is 9.93. The minimum absolute atomic E-state index is 0.0228. The molecule has 37 heavy (non-hydrogen) atoms. The number of benzene rings is 2. The number of carboxylic acid groups (broad SMARTS) is 1. The number of hydrogen-bond donors (Lipinski definition) is 2. The first-order valence-electron chi connectivity index (χ1n) is 12.8. The Labute approximate surface area is 217 Å². The smallest absolute Gasteiger partial charge is 0.309 e. The standard InChI is InChI=1S/C30H36N2O5/c1-6-8-20-15-21(29-32-27(18-37-29)30(3,4)5)9-12-26(20)36-14-7-13-35-22-10-11-24-23(16-22)19(2)25(31-24)17-28(33)34/h9-12,15-16,18,31H,6-8,13-14,17H2,1-5H3,(H,33,34). The molecule has 0 aliphatic heterocycles. The molecule has 0 aliphatic rings. The van der Waals surface area contributed by atoms with Crippen LogP contribution in [0.3, 0.4) is 0 Å². The number of fused-ring (bicyclic) bond motifs is 1. The molecule has 0 atom stereocenters. The van der Waals surface area contributed by atoms with Gasteiger partial charge in [0.05, 0.1) is 25.3 Å². The van der Waals surface area contributed by atoms with E-state index in [1.165, 1.54) is 0 Å². The molecule has 7 nitrogen and oxygen atoms in total. The second kappa shape index (κ2) is 11.1. The highest BCUT2D eigenvalue weighted by atomic mass is 16.5. The average molecular weight is 505 g/mol. The molecule has 2 aromatic carbocycles. The van der Waals surface area contributed by atoms with Crippen molar-refractivity contribution >= 4 is 16.9 Å². The Bertz CT molecular complexity index is 1380. The van der Waals surface area contributed by atoms with Crippen molar-refractivity contribution in [2.24, 2.45) is 0 Å². The van der Waals surface area contributed by atoms with Crippen LogP contribution in [0, 0.1) is 6.92 Å². The molecule has 0 spiro atoms. The Hall–Kier alpha value is -3.74. The van der Waals surface area contributed by atoms with Crippen molar-refractivity contribution in [1.29, 1.82) is 0 Å². The highest BCUT2D eigenvalue weighted by molar-refractivity contribution is 5.87. The van der Waals surface area contributed by atoms with Crippen molar-refractivity contribution < 1.29 is 23.8 Å². The zero-order valence-electron chi connectivity index (χ0n) is 22.3. The summed E-state index contributed by atoms with van der Waals surface area (Å²) in [5.74, 6) is 1.42. The van der Waals surface area contributed by atoms with E-state index < -0.39 is 5.97 Å². The number of nitrogens with zero attached hydrogens (tertiary/aromatic N) is 1. The summed E-state index contributed by atoms with van der Waals surface area (Å²) in [4.78, 5) is 19.0. The van der Waals surface area contributed by atoms with Crippen LogP contribution in [0.15, 0.2) is 47.1 Å². The predicted molar refractivity (Wildman–Crippen MR) is 145 cm³/mol. The molecule has 4 rings (SSSR count). The first-order valence-corrected chi connectivity index (χ1v) is 12.8. The molecule has 2 aromatic heterocycles. The second-order valence-electron chi connectivity index (χ2n) is 10.4. The Balaban J connectivity index is 1.34. The number of rotatable bonds is 11. The van der Waals surface area contributed by atoms with Crippen LogP contribution < -0.4 is 9.47 Å². The highest BCUT2D eigenvalue weighted by Gasteiger charge is 2.20. The second-order valence-corrected chi connectivity index (χ2v) is 10.4. The van der Waals surface area contributed by atoms with Gasteiger partial charge in [-0.25, -0.2) is 4.98 Å². The lowest BCUT2D eigenvalue weighted by Gasteiger charge is -2.13. The third-order valence-electron chi connectivity index (χ3n) is 6.38. The van der Waals surface area contributed by atoms with E-state index in [2.05, 4.69) is 43.7 Å². The fraction of sp³-hybridized carbons (Fsp3) is 0.400. The third kappa shape index (κ3) is 6.34. The molecule has 2 N–H and O–H groups in total. The molecule has 196 valence electrons. The molecule has 0 fully saturated rings. The Morgan fingerprint density at radius 3 is 2.59 bits per heavy atom. The van der Waals surface area contributed by atoms with Gasteiger partial charge in [0.2, 0.25) is 5.89 Å². The summed E-state index contributed by atoms with van der Waals surface area (Å²) >= 11 is 0. The van der Waals surface area contributed by atoms with Crippen molar-refractivity contribution in [3.63, 3.8) is 0 Å². The van der Waals surface area contributed by atoms with Crippen LogP contribution in [-0.4, -0.2) is 34.3 Å². The SMILES string of the molecule is CCCc1cc(-c2nc(C(C)(C)C)co2)ccc1OCCCOc1ccc2[nH]c(CC(=O)O)c(C)c2c1. The average Bonchev–Trinajstić information content (AvgIpc) is 3.45. The number of H-pyrrole nitrogens is 1. The van der Waals surface area contributed by atoms with E-state index in [-0.39, 0.29) is 11.8 Å². The number of ether oxygens (including phenoxy) is 2. The summed E-state index contributed by atoms with van der Waals surface area (Å²) in [5, 5.41) is 10.1. The maximum atomic E-state index is 11.1. The number of aryl methyl sites for hydroxylation is 2. The van der Waals surface area contributed by atoms with Crippen LogP contribution in [0.1, 0.15) is 63.1 Å². The largest absolute Gasteiger partial charge is 0.493 e. The summed E-state index contributed by atoms with van der Waals surface area (Å²) in [6, 6.07) is 11.9. The van der Waals surface area contributed by atoms with Gasteiger partial charge in [0.1, 0.15) is 17.8 Å². The molecule has 4 aromatic rings. The quantitative estimate of drug-likeness (QED) is 0.217. The van der Waals surface area contributed by atoms with Gasteiger partial charge in [0.15, 0.2) is 0 Å². The van der Waals surface area contributed by atoms with Crippen LogP contribution >= 0.6 is 0 Å². The van der Waals surface area contributed by atoms with Crippen molar-refractivity contribution in [3.8, 4) is 23.0 Å². The van der Waals surface area contributed by atoms with Gasteiger partial charge in [-0.3, -0.25) is 4.79 Å². The Morgan fingerprint density at radius 2 is 1.89 bits per heavy atom. The van der Waals surface area contributed by atoms with Gasteiger partial charge >= 0.3 is 5.97 Å². The fourth-order valence-corrected chi connectivity index (χ4v) is 4.28. The van der Waals surface area contributed by atoms with E-state index >= 15 is 0 Å². The summed E-state index contributed by atoms with van der Waals surface area (Å²) in [6.07, 6.45) is 4.37. The van der Waals surface area contributed by atoms with Gasteiger partial charge in [-0.05, 0) is 60.9 Å². The maximum Gasteiger partial charge on any atom is 0.309 e. The predicted octanol–water partition coefficient (Wildman–Crippen LogP) is 6.86. The molecule has 0 saturated carbocycles. The number of aromatic amines is 1. The molecule has 2 heterocycles.